The van der Waals surface area contributed by atoms with Crippen LogP contribution in [0.3, 0.4) is 0 Å². The fourth-order valence-electron chi connectivity index (χ4n) is 3.22. The van der Waals surface area contributed by atoms with Crippen LogP contribution in [0.25, 0.3) is 0 Å². The number of anilines is 1. The van der Waals surface area contributed by atoms with Gasteiger partial charge in [-0.2, -0.15) is 0 Å². The Morgan fingerprint density at radius 3 is 2.38 bits per heavy atom. The first-order valence-corrected chi connectivity index (χ1v) is 9.14. The summed E-state index contributed by atoms with van der Waals surface area (Å²) in [6.07, 6.45) is 0.794. The Morgan fingerprint density at radius 1 is 1.19 bits per heavy atom. The lowest BCUT2D eigenvalue weighted by molar-refractivity contribution is 0.533. The summed E-state index contributed by atoms with van der Waals surface area (Å²) in [5.74, 6) is 1.47. The summed E-state index contributed by atoms with van der Waals surface area (Å²) in [7, 11) is -3.36. The Bertz CT molecular complexity index is 573. The number of nitrogens with zero attached hydrogens (tertiary/aromatic N) is 1. The van der Waals surface area contributed by atoms with Crippen LogP contribution in [0.15, 0.2) is 29.2 Å². The van der Waals surface area contributed by atoms with Crippen molar-refractivity contribution in [2.24, 2.45) is 11.8 Å². The first-order valence-electron chi connectivity index (χ1n) is 7.65. The van der Waals surface area contributed by atoms with E-state index in [9.17, 15) is 8.42 Å². The van der Waals surface area contributed by atoms with E-state index < -0.39 is 10.0 Å². The molecule has 2 heterocycles. The summed E-state index contributed by atoms with van der Waals surface area (Å²) in [5, 5.41) is 3.43. The van der Waals surface area contributed by atoms with Crippen LogP contribution in [-0.4, -0.2) is 41.1 Å². The van der Waals surface area contributed by atoms with Gasteiger partial charge in [-0.15, -0.1) is 0 Å². The van der Waals surface area contributed by atoms with E-state index >= 15 is 0 Å². The first kappa shape index (κ1) is 14.8. The molecular weight excluding hydrogens is 286 g/mol. The van der Waals surface area contributed by atoms with Gasteiger partial charge in [0.15, 0.2) is 0 Å². The molecule has 0 amide bonds. The molecule has 2 atom stereocenters. The molecule has 0 aliphatic carbocycles. The summed E-state index contributed by atoms with van der Waals surface area (Å²) in [4.78, 5) is 2.72. The van der Waals surface area contributed by atoms with Crippen molar-refractivity contribution in [3.05, 3.63) is 24.3 Å². The predicted molar refractivity (Wildman–Crippen MR) is 84.0 cm³/mol. The molecule has 5 nitrogen and oxygen atoms in total. The topological polar surface area (TPSA) is 61.4 Å². The van der Waals surface area contributed by atoms with Crippen molar-refractivity contribution < 1.29 is 8.42 Å². The summed E-state index contributed by atoms with van der Waals surface area (Å²) < 4.78 is 26.7. The van der Waals surface area contributed by atoms with Gasteiger partial charge in [0.2, 0.25) is 10.0 Å². The second-order valence-corrected chi connectivity index (χ2v) is 7.74. The highest BCUT2D eigenvalue weighted by Gasteiger charge is 2.36. The number of nitrogens with one attached hydrogen (secondary N) is 2. The number of hydrogen-bond donors (Lipinski definition) is 2. The molecule has 0 radical (unpaired) electrons. The van der Waals surface area contributed by atoms with Gasteiger partial charge in [0, 0.05) is 38.4 Å². The van der Waals surface area contributed by atoms with E-state index in [0.29, 0.717) is 11.4 Å². The maximum atomic E-state index is 12.1. The van der Waals surface area contributed by atoms with Crippen LogP contribution in [0.2, 0.25) is 0 Å². The molecule has 116 valence electrons. The van der Waals surface area contributed by atoms with Crippen molar-refractivity contribution in [2.45, 2.75) is 18.2 Å². The maximum Gasteiger partial charge on any atom is 0.240 e. The molecule has 2 aliphatic rings. The third-order valence-electron chi connectivity index (χ3n) is 4.44. The van der Waals surface area contributed by atoms with E-state index in [1.165, 1.54) is 0 Å². The normalized spacial score (nSPS) is 25.3. The van der Waals surface area contributed by atoms with E-state index in [1.54, 1.807) is 12.1 Å². The van der Waals surface area contributed by atoms with Gasteiger partial charge in [-0.1, -0.05) is 6.92 Å². The van der Waals surface area contributed by atoms with Gasteiger partial charge in [-0.3, -0.25) is 0 Å². The SMILES string of the molecule is CCCNS(=O)(=O)c1ccc(N2CC3CNCC3C2)cc1. The number of fused-ring (bicyclic) bond motifs is 1. The number of benzene rings is 1. The Morgan fingerprint density at radius 2 is 1.81 bits per heavy atom. The van der Waals surface area contributed by atoms with Gasteiger partial charge in [0.25, 0.3) is 0 Å². The van der Waals surface area contributed by atoms with Gasteiger partial charge in [-0.05, 0) is 42.5 Å². The van der Waals surface area contributed by atoms with Crippen molar-refractivity contribution in [1.82, 2.24) is 10.0 Å². The van der Waals surface area contributed by atoms with E-state index in [0.717, 1.165) is 50.1 Å². The summed E-state index contributed by atoms with van der Waals surface area (Å²) in [5.41, 5.74) is 1.12. The van der Waals surface area contributed by atoms with Crippen LogP contribution in [0.5, 0.6) is 0 Å². The molecule has 0 bridgehead atoms. The van der Waals surface area contributed by atoms with E-state index in [2.05, 4.69) is 14.9 Å². The monoisotopic (exact) mass is 309 g/mol. The molecule has 2 N–H and O–H groups in total. The highest BCUT2D eigenvalue weighted by molar-refractivity contribution is 7.89. The molecule has 0 saturated carbocycles. The van der Waals surface area contributed by atoms with Gasteiger partial charge < -0.3 is 10.2 Å². The van der Waals surface area contributed by atoms with Crippen molar-refractivity contribution in [1.29, 1.82) is 0 Å². The lowest BCUT2D eigenvalue weighted by Gasteiger charge is -2.20. The Hall–Kier alpha value is -1.11. The predicted octanol–water partition coefficient (Wildman–Crippen LogP) is 1.03. The molecule has 1 aromatic rings. The van der Waals surface area contributed by atoms with Crippen molar-refractivity contribution in [3.8, 4) is 0 Å². The van der Waals surface area contributed by atoms with Crippen molar-refractivity contribution >= 4 is 15.7 Å². The van der Waals surface area contributed by atoms with Gasteiger partial charge in [-0.25, -0.2) is 13.1 Å². The zero-order valence-corrected chi connectivity index (χ0v) is 13.2. The molecule has 2 fully saturated rings. The van der Waals surface area contributed by atoms with Crippen LogP contribution < -0.4 is 14.9 Å². The van der Waals surface area contributed by atoms with E-state index in [4.69, 9.17) is 0 Å². The lowest BCUT2D eigenvalue weighted by atomic mass is 10.0. The van der Waals surface area contributed by atoms with E-state index in [1.807, 2.05) is 19.1 Å². The molecule has 3 rings (SSSR count). The average Bonchev–Trinajstić information content (AvgIpc) is 3.06. The quantitative estimate of drug-likeness (QED) is 0.853. The van der Waals surface area contributed by atoms with Crippen LogP contribution in [0, 0.1) is 11.8 Å². The van der Waals surface area contributed by atoms with Gasteiger partial charge >= 0.3 is 0 Å². The third kappa shape index (κ3) is 3.07. The van der Waals surface area contributed by atoms with Crippen LogP contribution in [-0.2, 0) is 10.0 Å². The van der Waals surface area contributed by atoms with Crippen molar-refractivity contribution in [3.63, 3.8) is 0 Å². The molecule has 2 saturated heterocycles. The Labute approximate surface area is 126 Å². The molecular formula is C15H23N3O2S. The molecule has 21 heavy (non-hydrogen) atoms. The fourth-order valence-corrected chi connectivity index (χ4v) is 4.36. The molecule has 2 aliphatic heterocycles. The third-order valence-corrected chi connectivity index (χ3v) is 5.92. The zero-order valence-electron chi connectivity index (χ0n) is 12.4. The smallest absolute Gasteiger partial charge is 0.240 e. The second-order valence-electron chi connectivity index (χ2n) is 5.98. The minimum absolute atomic E-state index is 0.348. The molecule has 6 heteroatoms. The van der Waals surface area contributed by atoms with Gasteiger partial charge in [0.05, 0.1) is 4.90 Å². The first-order chi connectivity index (χ1) is 10.1. The summed E-state index contributed by atoms with van der Waals surface area (Å²) in [6, 6.07) is 7.27. The minimum Gasteiger partial charge on any atom is -0.371 e. The molecule has 1 aromatic carbocycles. The highest BCUT2D eigenvalue weighted by atomic mass is 32.2. The number of rotatable bonds is 5. The second kappa shape index (κ2) is 5.94. The largest absolute Gasteiger partial charge is 0.371 e. The zero-order chi connectivity index (χ0) is 14.9. The van der Waals surface area contributed by atoms with E-state index in [-0.39, 0.29) is 0 Å². The van der Waals surface area contributed by atoms with Crippen molar-refractivity contribution in [2.75, 3.05) is 37.6 Å². The number of hydrogen-bond acceptors (Lipinski definition) is 4. The molecule has 2 unspecified atom stereocenters. The summed E-state index contributed by atoms with van der Waals surface area (Å²) >= 11 is 0. The minimum atomic E-state index is -3.36. The standard InChI is InChI=1S/C15H23N3O2S/c1-2-7-17-21(19,20)15-5-3-14(4-6-15)18-10-12-8-16-9-13(12)11-18/h3-6,12-13,16-17H,2,7-11H2,1H3. The van der Waals surface area contributed by atoms with Gasteiger partial charge in [0.1, 0.15) is 0 Å². The maximum absolute atomic E-state index is 12.1. The molecule has 0 aromatic heterocycles. The number of sulfonamides is 1. The lowest BCUT2D eigenvalue weighted by Crippen LogP contribution is -2.26. The Balaban J connectivity index is 1.70. The average molecular weight is 309 g/mol. The molecule has 0 spiro atoms. The van der Waals surface area contributed by atoms with Crippen LogP contribution in [0.1, 0.15) is 13.3 Å². The van der Waals surface area contributed by atoms with Crippen LogP contribution >= 0.6 is 0 Å². The summed E-state index contributed by atoms with van der Waals surface area (Å²) in [6.45, 7) is 6.77. The Kier molecular flexibility index (Phi) is 4.19. The highest BCUT2D eigenvalue weighted by Crippen LogP contribution is 2.30. The fraction of sp³-hybridized carbons (Fsp3) is 0.600. The van der Waals surface area contributed by atoms with Crippen LogP contribution in [0.4, 0.5) is 5.69 Å².